The van der Waals surface area contributed by atoms with E-state index in [4.69, 9.17) is 11.6 Å². The van der Waals surface area contributed by atoms with Crippen LogP contribution >= 0.6 is 22.9 Å². The molecule has 114 valence electrons. The molecule has 5 nitrogen and oxygen atoms in total. The summed E-state index contributed by atoms with van der Waals surface area (Å²) in [5, 5.41) is 5.68. The molecular formula is C15H14ClN3O2S. The van der Waals surface area contributed by atoms with Crippen molar-refractivity contribution >= 4 is 46.1 Å². The molecular weight excluding hydrogens is 322 g/mol. The fraction of sp³-hybridized carbons (Fsp3) is 0.200. The highest BCUT2D eigenvalue weighted by atomic mass is 35.5. The number of thiophene rings is 1. The summed E-state index contributed by atoms with van der Waals surface area (Å²) >= 11 is 7.09. The molecule has 7 heteroatoms. The van der Waals surface area contributed by atoms with Crippen molar-refractivity contribution in [3.8, 4) is 0 Å². The summed E-state index contributed by atoms with van der Waals surface area (Å²) in [6, 6.07) is 10.9. The van der Waals surface area contributed by atoms with Crippen LogP contribution in [-0.4, -0.2) is 31.4 Å². The molecule has 22 heavy (non-hydrogen) atoms. The van der Waals surface area contributed by atoms with Gasteiger partial charge in [-0.25, -0.2) is 0 Å². The standard InChI is InChI=1S/C15H14ClN3O2S/c16-13-6-5-12(22-13)15(21)18-10-3-1-2-4-11(10)19-8-7-17-14(20)9-19/h1-6H,7-9H2,(H,17,20)(H,18,21). The third-order valence-electron chi connectivity index (χ3n) is 3.33. The van der Waals surface area contributed by atoms with Gasteiger partial charge in [-0.3, -0.25) is 9.59 Å². The van der Waals surface area contributed by atoms with Crippen molar-refractivity contribution in [1.29, 1.82) is 0 Å². The minimum Gasteiger partial charge on any atom is -0.359 e. The number of nitrogens with zero attached hydrogens (tertiary/aromatic N) is 1. The number of amides is 2. The maximum absolute atomic E-state index is 12.3. The Balaban J connectivity index is 1.82. The smallest absolute Gasteiger partial charge is 0.265 e. The van der Waals surface area contributed by atoms with Crippen LogP contribution in [0.15, 0.2) is 36.4 Å². The van der Waals surface area contributed by atoms with Crippen LogP contribution in [0.4, 0.5) is 11.4 Å². The van der Waals surface area contributed by atoms with Crippen LogP contribution in [0.2, 0.25) is 4.34 Å². The molecule has 1 aromatic carbocycles. The van der Waals surface area contributed by atoms with E-state index in [0.29, 0.717) is 28.0 Å². The third-order valence-corrected chi connectivity index (χ3v) is 4.56. The minimum absolute atomic E-state index is 0.0163. The Bertz CT molecular complexity index is 716. The topological polar surface area (TPSA) is 61.4 Å². The van der Waals surface area contributed by atoms with Crippen molar-refractivity contribution in [3.05, 3.63) is 45.6 Å². The third kappa shape index (κ3) is 3.23. The van der Waals surface area contributed by atoms with Gasteiger partial charge in [0.1, 0.15) is 0 Å². The van der Waals surface area contributed by atoms with Crippen molar-refractivity contribution in [2.45, 2.75) is 0 Å². The van der Waals surface area contributed by atoms with Crippen LogP contribution in [0.25, 0.3) is 0 Å². The predicted octanol–water partition coefficient (Wildman–Crippen LogP) is 2.59. The van der Waals surface area contributed by atoms with Crippen molar-refractivity contribution in [2.24, 2.45) is 0 Å². The van der Waals surface area contributed by atoms with Crippen LogP contribution in [0.1, 0.15) is 9.67 Å². The van der Waals surface area contributed by atoms with Crippen molar-refractivity contribution in [2.75, 3.05) is 29.9 Å². The molecule has 1 saturated heterocycles. The van der Waals surface area contributed by atoms with Gasteiger partial charge in [-0.2, -0.15) is 0 Å². The van der Waals surface area contributed by atoms with E-state index in [1.54, 1.807) is 12.1 Å². The van der Waals surface area contributed by atoms with Crippen LogP contribution in [-0.2, 0) is 4.79 Å². The molecule has 0 spiro atoms. The van der Waals surface area contributed by atoms with Gasteiger partial charge in [0.15, 0.2) is 0 Å². The van der Waals surface area contributed by atoms with Gasteiger partial charge in [0.25, 0.3) is 5.91 Å². The zero-order valence-corrected chi connectivity index (χ0v) is 13.2. The molecule has 3 rings (SSSR count). The molecule has 1 fully saturated rings. The Morgan fingerprint density at radius 2 is 2.09 bits per heavy atom. The number of nitrogens with one attached hydrogen (secondary N) is 2. The molecule has 1 aliphatic rings. The molecule has 0 radical (unpaired) electrons. The van der Waals surface area contributed by atoms with Crippen LogP contribution in [0, 0.1) is 0 Å². The highest BCUT2D eigenvalue weighted by molar-refractivity contribution is 7.18. The molecule has 0 bridgehead atoms. The van der Waals surface area contributed by atoms with Gasteiger partial charge in [-0.15, -0.1) is 11.3 Å². The van der Waals surface area contributed by atoms with E-state index in [1.165, 1.54) is 11.3 Å². The van der Waals surface area contributed by atoms with E-state index in [9.17, 15) is 9.59 Å². The molecule has 2 heterocycles. The molecule has 0 unspecified atom stereocenters. The Morgan fingerprint density at radius 3 is 2.82 bits per heavy atom. The predicted molar refractivity (Wildman–Crippen MR) is 88.9 cm³/mol. The average Bonchev–Trinajstić information content (AvgIpc) is 2.94. The first-order chi connectivity index (χ1) is 10.6. The lowest BCUT2D eigenvalue weighted by molar-refractivity contribution is -0.120. The van der Waals surface area contributed by atoms with Gasteiger partial charge in [0.2, 0.25) is 5.91 Å². The largest absolute Gasteiger partial charge is 0.359 e. The van der Waals surface area contributed by atoms with Crippen molar-refractivity contribution in [3.63, 3.8) is 0 Å². The van der Waals surface area contributed by atoms with E-state index in [1.807, 2.05) is 29.2 Å². The molecule has 1 aliphatic heterocycles. The number of anilines is 2. The molecule has 0 atom stereocenters. The van der Waals surface area contributed by atoms with E-state index < -0.39 is 0 Å². The first-order valence-corrected chi connectivity index (χ1v) is 8.00. The quantitative estimate of drug-likeness (QED) is 0.906. The maximum Gasteiger partial charge on any atom is 0.265 e. The number of hydrogen-bond donors (Lipinski definition) is 2. The lowest BCUT2D eigenvalue weighted by Gasteiger charge is -2.30. The number of piperazine rings is 1. The highest BCUT2D eigenvalue weighted by Crippen LogP contribution is 2.28. The van der Waals surface area contributed by atoms with Crippen LogP contribution < -0.4 is 15.5 Å². The molecule has 1 aromatic heterocycles. The summed E-state index contributed by atoms with van der Waals surface area (Å²) < 4.78 is 0.575. The second-order valence-electron chi connectivity index (χ2n) is 4.85. The van der Waals surface area contributed by atoms with Gasteiger partial charge >= 0.3 is 0 Å². The first kappa shape index (κ1) is 14.9. The van der Waals surface area contributed by atoms with E-state index in [2.05, 4.69) is 10.6 Å². The number of carbonyl (C=O) groups excluding carboxylic acids is 2. The fourth-order valence-electron chi connectivity index (χ4n) is 2.32. The van der Waals surface area contributed by atoms with Gasteiger partial charge in [0.05, 0.1) is 27.1 Å². The molecule has 0 aliphatic carbocycles. The molecule has 2 aromatic rings. The zero-order chi connectivity index (χ0) is 15.5. The second kappa shape index (κ2) is 6.37. The summed E-state index contributed by atoms with van der Waals surface area (Å²) in [4.78, 5) is 26.3. The summed E-state index contributed by atoms with van der Waals surface area (Å²) in [6.07, 6.45) is 0. The number of para-hydroxylation sites is 2. The summed E-state index contributed by atoms with van der Waals surface area (Å²) in [5.41, 5.74) is 1.53. The SMILES string of the molecule is O=C1CN(c2ccccc2NC(=O)c2ccc(Cl)s2)CCN1. The monoisotopic (exact) mass is 335 g/mol. The summed E-state index contributed by atoms with van der Waals surface area (Å²) in [5.74, 6) is -0.219. The Kier molecular flexibility index (Phi) is 4.31. The van der Waals surface area contributed by atoms with E-state index in [-0.39, 0.29) is 18.4 Å². The van der Waals surface area contributed by atoms with Crippen molar-refractivity contribution in [1.82, 2.24) is 5.32 Å². The second-order valence-corrected chi connectivity index (χ2v) is 6.56. The molecule has 2 N–H and O–H groups in total. The van der Waals surface area contributed by atoms with Gasteiger partial charge < -0.3 is 15.5 Å². The minimum atomic E-state index is -0.203. The number of halogens is 1. The number of rotatable bonds is 3. The summed E-state index contributed by atoms with van der Waals surface area (Å²) in [7, 11) is 0. The average molecular weight is 336 g/mol. The Hall–Kier alpha value is -2.05. The zero-order valence-electron chi connectivity index (χ0n) is 11.6. The maximum atomic E-state index is 12.3. The van der Waals surface area contributed by atoms with Gasteiger partial charge in [-0.1, -0.05) is 23.7 Å². The fourth-order valence-corrected chi connectivity index (χ4v) is 3.26. The van der Waals surface area contributed by atoms with E-state index >= 15 is 0 Å². The normalized spacial score (nSPS) is 14.6. The number of benzene rings is 1. The lowest BCUT2D eigenvalue weighted by atomic mass is 10.2. The van der Waals surface area contributed by atoms with Crippen LogP contribution in [0.3, 0.4) is 0 Å². The number of hydrogen-bond acceptors (Lipinski definition) is 4. The molecule has 0 saturated carbocycles. The Labute approximate surface area is 136 Å². The lowest BCUT2D eigenvalue weighted by Crippen LogP contribution is -2.47. The van der Waals surface area contributed by atoms with Gasteiger partial charge in [0, 0.05) is 13.1 Å². The molecule has 2 amide bonds. The van der Waals surface area contributed by atoms with Crippen LogP contribution in [0.5, 0.6) is 0 Å². The van der Waals surface area contributed by atoms with E-state index in [0.717, 1.165) is 5.69 Å². The highest BCUT2D eigenvalue weighted by Gasteiger charge is 2.20. The van der Waals surface area contributed by atoms with Crippen molar-refractivity contribution < 1.29 is 9.59 Å². The van der Waals surface area contributed by atoms with Gasteiger partial charge in [-0.05, 0) is 24.3 Å². The summed E-state index contributed by atoms with van der Waals surface area (Å²) in [6.45, 7) is 1.60. The Morgan fingerprint density at radius 1 is 1.27 bits per heavy atom. The number of carbonyl (C=O) groups is 2. The first-order valence-electron chi connectivity index (χ1n) is 6.81.